The van der Waals surface area contributed by atoms with Crippen LogP contribution in [0.4, 0.5) is 0 Å². The van der Waals surface area contributed by atoms with Crippen LogP contribution < -0.4 is 10.5 Å². The van der Waals surface area contributed by atoms with Gasteiger partial charge in [0.25, 0.3) is 0 Å². The SMILES string of the molecule is COc1ccc(C(C(C)N)N(C)CC(C)O)cc1. The molecule has 0 heterocycles. The number of hydrogen-bond acceptors (Lipinski definition) is 4. The van der Waals surface area contributed by atoms with Gasteiger partial charge in [0.15, 0.2) is 0 Å². The monoisotopic (exact) mass is 252 g/mol. The van der Waals surface area contributed by atoms with Gasteiger partial charge in [0.1, 0.15) is 5.75 Å². The Labute approximate surface area is 109 Å². The molecule has 0 saturated heterocycles. The van der Waals surface area contributed by atoms with Crippen molar-refractivity contribution in [2.24, 2.45) is 5.73 Å². The van der Waals surface area contributed by atoms with Gasteiger partial charge in [-0.1, -0.05) is 12.1 Å². The van der Waals surface area contributed by atoms with Crippen molar-refractivity contribution < 1.29 is 9.84 Å². The lowest BCUT2D eigenvalue weighted by atomic mass is 9.99. The van der Waals surface area contributed by atoms with Gasteiger partial charge in [-0.25, -0.2) is 0 Å². The molecule has 4 heteroatoms. The number of hydrogen-bond donors (Lipinski definition) is 2. The number of likely N-dealkylation sites (N-methyl/N-ethyl adjacent to an activating group) is 1. The zero-order valence-electron chi connectivity index (χ0n) is 11.6. The Morgan fingerprint density at radius 1 is 1.28 bits per heavy atom. The molecule has 0 aliphatic carbocycles. The minimum atomic E-state index is -0.366. The number of aliphatic hydroxyl groups is 1. The van der Waals surface area contributed by atoms with Crippen LogP contribution in [0, 0.1) is 0 Å². The molecule has 1 rings (SSSR count). The molecular formula is C14H24N2O2. The normalized spacial score (nSPS) is 16.4. The van der Waals surface area contributed by atoms with E-state index in [-0.39, 0.29) is 18.2 Å². The van der Waals surface area contributed by atoms with Gasteiger partial charge in [0.05, 0.1) is 13.2 Å². The number of ether oxygens (including phenoxy) is 1. The van der Waals surface area contributed by atoms with Gasteiger partial charge in [-0.15, -0.1) is 0 Å². The number of methoxy groups -OCH3 is 1. The number of benzene rings is 1. The minimum absolute atomic E-state index is 0.0119. The lowest BCUT2D eigenvalue weighted by Crippen LogP contribution is -2.40. The van der Waals surface area contributed by atoms with Gasteiger partial charge in [-0.2, -0.15) is 0 Å². The summed E-state index contributed by atoms with van der Waals surface area (Å²) < 4.78 is 5.15. The number of nitrogens with zero attached hydrogens (tertiary/aromatic N) is 1. The molecule has 0 amide bonds. The van der Waals surface area contributed by atoms with E-state index in [9.17, 15) is 5.11 Å². The third-order valence-corrected chi connectivity index (χ3v) is 2.98. The Morgan fingerprint density at radius 2 is 1.83 bits per heavy atom. The van der Waals surface area contributed by atoms with Gasteiger partial charge < -0.3 is 15.6 Å². The summed E-state index contributed by atoms with van der Waals surface area (Å²) in [4.78, 5) is 2.08. The van der Waals surface area contributed by atoms with Gasteiger partial charge in [-0.05, 0) is 38.6 Å². The summed E-state index contributed by atoms with van der Waals surface area (Å²) in [5.41, 5.74) is 7.19. The molecule has 0 aliphatic rings. The Morgan fingerprint density at radius 3 is 2.22 bits per heavy atom. The summed E-state index contributed by atoms with van der Waals surface area (Å²) in [5.74, 6) is 0.834. The summed E-state index contributed by atoms with van der Waals surface area (Å²) in [6, 6.07) is 7.98. The van der Waals surface area contributed by atoms with Crippen molar-refractivity contribution in [2.75, 3.05) is 20.7 Å². The first-order valence-electron chi connectivity index (χ1n) is 6.23. The van der Waals surface area contributed by atoms with E-state index in [1.54, 1.807) is 14.0 Å². The van der Waals surface area contributed by atoms with E-state index >= 15 is 0 Å². The van der Waals surface area contributed by atoms with Crippen molar-refractivity contribution in [1.29, 1.82) is 0 Å². The molecule has 0 fully saturated rings. The maximum absolute atomic E-state index is 9.48. The van der Waals surface area contributed by atoms with Crippen LogP contribution in [0.1, 0.15) is 25.5 Å². The fourth-order valence-corrected chi connectivity index (χ4v) is 2.29. The molecule has 3 atom stereocenters. The Balaban J connectivity index is 2.89. The first-order chi connectivity index (χ1) is 8.45. The smallest absolute Gasteiger partial charge is 0.118 e. The van der Waals surface area contributed by atoms with E-state index in [2.05, 4.69) is 4.90 Å². The second-order valence-electron chi connectivity index (χ2n) is 4.87. The minimum Gasteiger partial charge on any atom is -0.497 e. The van der Waals surface area contributed by atoms with Crippen molar-refractivity contribution in [3.05, 3.63) is 29.8 Å². The average molecular weight is 252 g/mol. The molecule has 3 unspecified atom stereocenters. The van der Waals surface area contributed by atoms with Gasteiger partial charge >= 0.3 is 0 Å². The largest absolute Gasteiger partial charge is 0.497 e. The van der Waals surface area contributed by atoms with Crippen LogP contribution in [0.5, 0.6) is 5.75 Å². The van der Waals surface area contributed by atoms with Crippen LogP contribution in [0.25, 0.3) is 0 Å². The van der Waals surface area contributed by atoms with Gasteiger partial charge in [-0.3, -0.25) is 4.90 Å². The Kier molecular flexibility index (Phi) is 5.59. The maximum Gasteiger partial charge on any atom is 0.118 e. The molecule has 0 aromatic heterocycles. The molecule has 102 valence electrons. The predicted molar refractivity (Wildman–Crippen MR) is 73.7 cm³/mol. The zero-order chi connectivity index (χ0) is 13.7. The van der Waals surface area contributed by atoms with Crippen LogP contribution in [0.15, 0.2) is 24.3 Å². The summed E-state index contributed by atoms with van der Waals surface area (Å²) in [6.45, 7) is 4.36. The highest BCUT2D eigenvalue weighted by Gasteiger charge is 2.22. The molecule has 18 heavy (non-hydrogen) atoms. The Bertz CT molecular complexity index is 349. The highest BCUT2D eigenvalue weighted by atomic mass is 16.5. The van der Waals surface area contributed by atoms with Crippen LogP contribution in [-0.2, 0) is 0 Å². The van der Waals surface area contributed by atoms with Crippen molar-refractivity contribution in [1.82, 2.24) is 4.90 Å². The third kappa shape index (κ3) is 3.98. The van der Waals surface area contributed by atoms with Crippen LogP contribution in [0.2, 0.25) is 0 Å². The number of rotatable bonds is 6. The summed E-state index contributed by atoms with van der Waals surface area (Å²) >= 11 is 0. The zero-order valence-corrected chi connectivity index (χ0v) is 11.6. The molecule has 1 aromatic carbocycles. The molecule has 0 bridgehead atoms. The van der Waals surface area contributed by atoms with Crippen molar-refractivity contribution in [3.63, 3.8) is 0 Å². The topological polar surface area (TPSA) is 58.7 Å². The molecule has 3 N–H and O–H groups in total. The summed E-state index contributed by atoms with van der Waals surface area (Å²) in [6.07, 6.45) is -0.366. The highest BCUT2D eigenvalue weighted by Crippen LogP contribution is 2.24. The highest BCUT2D eigenvalue weighted by molar-refractivity contribution is 5.29. The molecule has 0 spiro atoms. The quantitative estimate of drug-likeness (QED) is 0.803. The molecular weight excluding hydrogens is 228 g/mol. The number of nitrogens with two attached hydrogens (primary N) is 1. The average Bonchev–Trinajstić information content (AvgIpc) is 2.28. The lowest BCUT2D eigenvalue weighted by molar-refractivity contribution is 0.110. The maximum atomic E-state index is 9.48. The molecule has 4 nitrogen and oxygen atoms in total. The van der Waals surface area contributed by atoms with E-state index in [1.165, 1.54) is 0 Å². The molecule has 0 saturated carbocycles. The molecule has 1 aromatic rings. The van der Waals surface area contributed by atoms with E-state index in [0.717, 1.165) is 11.3 Å². The first kappa shape index (κ1) is 15.0. The summed E-state index contributed by atoms with van der Waals surface area (Å²) in [7, 11) is 3.63. The van der Waals surface area contributed by atoms with Gasteiger partial charge in [0.2, 0.25) is 0 Å². The second-order valence-corrected chi connectivity index (χ2v) is 4.87. The van der Waals surface area contributed by atoms with Gasteiger partial charge in [0, 0.05) is 18.6 Å². The van der Waals surface area contributed by atoms with Crippen LogP contribution >= 0.6 is 0 Å². The predicted octanol–water partition coefficient (Wildman–Crippen LogP) is 1.40. The fraction of sp³-hybridized carbons (Fsp3) is 0.571. The standard InChI is InChI=1S/C14H24N2O2/c1-10(17)9-16(3)14(11(2)15)12-5-7-13(18-4)8-6-12/h5-8,10-11,14,17H,9,15H2,1-4H3. The van der Waals surface area contributed by atoms with E-state index in [0.29, 0.717) is 6.54 Å². The van der Waals surface area contributed by atoms with Crippen molar-refractivity contribution >= 4 is 0 Å². The van der Waals surface area contributed by atoms with Crippen molar-refractivity contribution in [2.45, 2.75) is 32.0 Å². The molecule has 0 radical (unpaired) electrons. The van der Waals surface area contributed by atoms with Crippen molar-refractivity contribution in [3.8, 4) is 5.75 Å². The van der Waals surface area contributed by atoms with E-state index in [4.69, 9.17) is 10.5 Å². The second kappa shape index (κ2) is 6.73. The summed E-state index contributed by atoms with van der Waals surface area (Å²) in [5, 5.41) is 9.48. The lowest BCUT2D eigenvalue weighted by Gasteiger charge is -2.32. The third-order valence-electron chi connectivity index (χ3n) is 2.98. The first-order valence-corrected chi connectivity index (χ1v) is 6.23. The Hall–Kier alpha value is -1.10. The van der Waals surface area contributed by atoms with Crippen LogP contribution in [-0.4, -0.2) is 42.9 Å². The van der Waals surface area contributed by atoms with E-state index in [1.807, 2.05) is 38.2 Å². The number of aliphatic hydroxyl groups excluding tert-OH is 1. The van der Waals surface area contributed by atoms with E-state index < -0.39 is 0 Å². The van der Waals surface area contributed by atoms with Crippen LogP contribution in [0.3, 0.4) is 0 Å². The fourth-order valence-electron chi connectivity index (χ4n) is 2.29. The molecule has 0 aliphatic heterocycles.